The molecule has 0 unspecified atom stereocenters. The van der Waals surface area contributed by atoms with Crippen LogP contribution in [0.15, 0.2) is 11.0 Å². The average molecular weight is 319 g/mol. The Labute approximate surface area is 112 Å². The Kier molecular flexibility index (Phi) is 4.54. The van der Waals surface area contributed by atoms with Gasteiger partial charge < -0.3 is 14.5 Å². The molecule has 0 aliphatic rings. The smallest absolute Gasteiger partial charge is 0.462 e. The highest BCUT2D eigenvalue weighted by molar-refractivity contribution is 5.91. The van der Waals surface area contributed by atoms with Crippen LogP contribution in [0.4, 0.5) is 26.3 Å². The average Bonchev–Trinajstić information content (AvgIpc) is 2.27. The summed E-state index contributed by atoms with van der Waals surface area (Å²) in [6.07, 6.45) is -10.8. The van der Waals surface area contributed by atoms with Crippen LogP contribution >= 0.6 is 0 Å². The Morgan fingerprint density at radius 2 is 1.81 bits per heavy atom. The number of halogens is 6. The molecule has 118 valence electrons. The summed E-state index contributed by atoms with van der Waals surface area (Å²) >= 11 is 0. The van der Waals surface area contributed by atoms with Crippen LogP contribution in [0.25, 0.3) is 0 Å². The summed E-state index contributed by atoms with van der Waals surface area (Å²) < 4.78 is 82.3. The molecule has 0 aliphatic carbocycles. The van der Waals surface area contributed by atoms with Crippen molar-refractivity contribution < 1.29 is 40.6 Å². The second-order valence-electron chi connectivity index (χ2n) is 3.50. The van der Waals surface area contributed by atoms with E-state index in [1.165, 1.54) is 6.92 Å². The number of pyridine rings is 1. The molecule has 0 saturated heterocycles. The van der Waals surface area contributed by atoms with Crippen LogP contribution in [0, 0.1) is 0 Å². The number of hydrogen-bond acceptors (Lipinski definition) is 4. The van der Waals surface area contributed by atoms with E-state index >= 15 is 0 Å². The zero-order chi connectivity index (χ0) is 16.4. The molecule has 0 aromatic carbocycles. The molecule has 11 heteroatoms. The second-order valence-corrected chi connectivity index (χ2v) is 3.50. The minimum Gasteiger partial charge on any atom is -0.462 e. The summed E-state index contributed by atoms with van der Waals surface area (Å²) in [5, 5.41) is 0. The van der Waals surface area contributed by atoms with E-state index < -0.39 is 40.9 Å². The van der Waals surface area contributed by atoms with Crippen LogP contribution in [-0.4, -0.2) is 23.9 Å². The van der Waals surface area contributed by atoms with Crippen molar-refractivity contribution in [3.05, 3.63) is 27.7 Å². The number of esters is 1. The SMILES string of the molecule is CCOC(=O)c1c(C(F)(F)F)c(OC(F)(F)F)c[nH]c1=O. The maximum Gasteiger partial charge on any atom is 0.573 e. The van der Waals surface area contributed by atoms with Gasteiger partial charge in [0, 0.05) is 6.20 Å². The maximum atomic E-state index is 12.9. The van der Waals surface area contributed by atoms with Gasteiger partial charge in [0.25, 0.3) is 5.56 Å². The van der Waals surface area contributed by atoms with Crippen LogP contribution < -0.4 is 10.3 Å². The van der Waals surface area contributed by atoms with Gasteiger partial charge in [-0.15, -0.1) is 13.2 Å². The molecule has 0 spiro atoms. The zero-order valence-corrected chi connectivity index (χ0v) is 10.2. The third kappa shape index (κ3) is 4.13. The first-order valence-corrected chi connectivity index (χ1v) is 5.23. The number of hydrogen-bond donors (Lipinski definition) is 1. The predicted molar refractivity (Wildman–Crippen MR) is 54.7 cm³/mol. The van der Waals surface area contributed by atoms with Crippen molar-refractivity contribution in [1.29, 1.82) is 0 Å². The van der Waals surface area contributed by atoms with Gasteiger partial charge in [0.2, 0.25) is 0 Å². The first-order valence-electron chi connectivity index (χ1n) is 5.23. The molecule has 21 heavy (non-hydrogen) atoms. The second kappa shape index (κ2) is 5.66. The lowest BCUT2D eigenvalue weighted by Gasteiger charge is -2.17. The zero-order valence-electron chi connectivity index (χ0n) is 10.2. The third-order valence-electron chi connectivity index (χ3n) is 2.05. The Morgan fingerprint density at radius 3 is 2.24 bits per heavy atom. The lowest BCUT2D eigenvalue weighted by molar-refractivity contribution is -0.276. The summed E-state index contributed by atoms with van der Waals surface area (Å²) in [4.78, 5) is 24.3. The number of nitrogens with one attached hydrogen (secondary N) is 1. The topological polar surface area (TPSA) is 68.4 Å². The van der Waals surface area contributed by atoms with Gasteiger partial charge in [-0.05, 0) is 6.92 Å². The van der Waals surface area contributed by atoms with Gasteiger partial charge in [-0.25, -0.2) is 4.79 Å². The highest BCUT2D eigenvalue weighted by Gasteiger charge is 2.44. The summed E-state index contributed by atoms with van der Waals surface area (Å²) in [6, 6.07) is 0. The van der Waals surface area contributed by atoms with Gasteiger partial charge in [0.15, 0.2) is 5.75 Å². The normalized spacial score (nSPS) is 12.1. The van der Waals surface area contributed by atoms with Crippen molar-refractivity contribution in [3.8, 4) is 5.75 Å². The first-order chi connectivity index (χ1) is 9.47. The maximum absolute atomic E-state index is 12.9. The van der Waals surface area contributed by atoms with E-state index in [1.807, 2.05) is 0 Å². The molecule has 1 aromatic rings. The van der Waals surface area contributed by atoms with Gasteiger partial charge in [0.05, 0.1) is 6.61 Å². The predicted octanol–water partition coefficient (Wildman–Crippen LogP) is 2.47. The van der Waals surface area contributed by atoms with E-state index in [0.29, 0.717) is 0 Å². The number of carbonyl (C=O) groups excluding carboxylic acids is 1. The molecule has 0 fully saturated rings. The molecule has 1 aromatic heterocycles. The molecular weight excluding hydrogens is 312 g/mol. The van der Waals surface area contributed by atoms with Gasteiger partial charge in [-0.2, -0.15) is 13.2 Å². The fraction of sp³-hybridized carbons (Fsp3) is 0.400. The minimum absolute atomic E-state index is 0.0708. The summed E-state index contributed by atoms with van der Waals surface area (Å²) in [6.45, 7) is 0.870. The number of aromatic nitrogens is 1. The molecule has 0 bridgehead atoms. The molecule has 1 N–H and O–H groups in total. The molecule has 0 saturated carbocycles. The number of ether oxygens (including phenoxy) is 2. The van der Waals surface area contributed by atoms with Crippen molar-refractivity contribution in [2.75, 3.05) is 6.61 Å². The highest BCUT2D eigenvalue weighted by atomic mass is 19.4. The largest absolute Gasteiger partial charge is 0.573 e. The lowest BCUT2D eigenvalue weighted by atomic mass is 10.1. The van der Waals surface area contributed by atoms with Crippen LogP contribution in [0.1, 0.15) is 22.8 Å². The van der Waals surface area contributed by atoms with Crippen molar-refractivity contribution in [3.63, 3.8) is 0 Å². The molecule has 0 aliphatic heterocycles. The van der Waals surface area contributed by atoms with E-state index in [9.17, 15) is 35.9 Å². The Bertz CT molecular complexity index is 589. The van der Waals surface area contributed by atoms with Gasteiger partial charge >= 0.3 is 18.5 Å². The van der Waals surface area contributed by atoms with E-state index in [0.717, 1.165) is 0 Å². The van der Waals surface area contributed by atoms with E-state index in [1.54, 1.807) is 4.98 Å². The van der Waals surface area contributed by atoms with E-state index in [-0.39, 0.29) is 12.8 Å². The van der Waals surface area contributed by atoms with Gasteiger partial charge in [-0.3, -0.25) is 4.79 Å². The Morgan fingerprint density at radius 1 is 1.24 bits per heavy atom. The molecule has 0 amide bonds. The molecular formula is C10H7F6NO4. The van der Waals surface area contributed by atoms with Gasteiger partial charge in [0.1, 0.15) is 11.1 Å². The molecule has 0 atom stereocenters. The van der Waals surface area contributed by atoms with Crippen LogP contribution in [0.3, 0.4) is 0 Å². The summed E-state index contributed by atoms with van der Waals surface area (Å²) in [5.74, 6) is -3.46. The summed E-state index contributed by atoms with van der Waals surface area (Å²) in [7, 11) is 0. The fourth-order valence-corrected chi connectivity index (χ4v) is 1.40. The minimum atomic E-state index is -5.44. The fourth-order valence-electron chi connectivity index (χ4n) is 1.40. The molecule has 1 rings (SSSR count). The standard InChI is InChI=1S/C10H7F6NO4/c1-2-20-8(19)5-6(9(11,12)13)4(3-17-7(5)18)21-10(14,15)16/h3H,2H2,1H3,(H,17,18). The van der Waals surface area contributed by atoms with Gasteiger partial charge in [-0.1, -0.05) is 0 Å². The highest BCUT2D eigenvalue weighted by Crippen LogP contribution is 2.39. The van der Waals surface area contributed by atoms with Crippen molar-refractivity contribution >= 4 is 5.97 Å². The quantitative estimate of drug-likeness (QED) is 0.686. The van der Waals surface area contributed by atoms with Crippen LogP contribution in [0.5, 0.6) is 5.75 Å². The van der Waals surface area contributed by atoms with E-state index in [2.05, 4.69) is 9.47 Å². The van der Waals surface area contributed by atoms with Crippen LogP contribution in [0.2, 0.25) is 0 Å². The number of aromatic amines is 1. The molecule has 0 radical (unpaired) electrons. The molecule has 1 heterocycles. The number of H-pyrrole nitrogens is 1. The monoisotopic (exact) mass is 319 g/mol. The van der Waals surface area contributed by atoms with Crippen molar-refractivity contribution in [1.82, 2.24) is 4.98 Å². The lowest BCUT2D eigenvalue weighted by Crippen LogP contribution is -2.29. The Hall–Kier alpha value is -2.20. The first kappa shape index (κ1) is 16.9. The summed E-state index contributed by atoms with van der Waals surface area (Å²) in [5.41, 5.74) is -5.30. The number of alkyl halides is 6. The third-order valence-corrected chi connectivity index (χ3v) is 2.05. The van der Waals surface area contributed by atoms with Crippen molar-refractivity contribution in [2.45, 2.75) is 19.5 Å². The number of carbonyl (C=O) groups is 1. The van der Waals surface area contributed by atoms with E-state index in [4.69, 9.17) is 0 Å². The van der Waals surface area contributed by atoms with Crippen LogP contribution in [-0.2, 0) is 10.9 Å². The molecule has 5 nitrogen and oxygen atoms in total. The number of rotatable bonds is 3. The Balaban J connectivity index is 3.58. The van der Waals surface area contributed by atoms with Crippen molar-refractivity contribution in [2.24, 2.45) is 0 Å².